The lowest BCUT2D eigenvalue weighted by Gasteiger charge is -2.13. The number of thioether (sulfide) groups is 1. The molecule has 0 saturated carbocycles. The number of hydrogen-bond donors (Lipinski definition) is 0. The molecule has 0 amide bonds. The first-order valence-corrected chi connectivity index (χ1v) is 4.46. The van der Waals surface area contributed by atoms with Crippen molar-refractivity contribution in [3.8, 4) is 0 Å². The van der Waals surface area contributed by atoms with E-state index in [4.69, 9.17) is 0 Å². The average molecular weight is 164 g/mol. The van der Waals surface area contributed by atoms with E-state index in [1.54, 1.807) is 11.8 Å². The van der Waals surface area contributed by atoms with Gasteiger partial charge in [0, 0.05) is 24.3 Å². The van der Waals surface area contributed by atoms with Gasteiger partial charge in [0.05, 0.1) is 5.88 Å². The summed E-state index contributed by atoms with van der Waals surface area (Å²) in [5, 5.41) is 2.10. The molecule has 0 unspecified atom stereocenters. The van der Waals surface area contributed by atoms with E-state index in [1.165, 1.54) is 5.69 Å². The van der Waals surface area contributed by atoms with Gasteiger partial charge in [-0.3, -0.25) is 4.98 Å². The van der Waals surface area contributed by atoms with Gasteiger partial charge < -0.3 is 4.90 Å². The highest BCUT2D eigenvalue weighted by Crippen LogP contribution is 2.22. The molecule has 1 aromatic rings. The Kier molecular flexibility index (Phi) is 1.81. The predicted octanol–water partition coefficient (Wildman–Crippen LogP) is 2.06. The Morgan fingerprint density at radius 2 is 2.18 bits per heavy atom. The van der Waals surface area contributed by atoms with Crippen LogP contribution in [0.15, 0.2) is 36.1 Å². The van der Waals surface area contributed by atoms with Crippen LogP contribution in [0.3, 0.4) is 0 Å². The van der Waals surface area contributed by atoms with Crippen LogP contribution in [0.25, 0.3) is 0 Å². The molecule has 0 N–H and O–H groups in total. The summed E-state index contributed by atoms with van der Waals surface area (Å²) in [4.78, 5) is 6.15. The second-order valence-electron chi connectivity index (χ2n) is 2.26. The summed E-state index contributed by atoms with van der Waals surface area (Å²) >= 11 is 1.80. The highest BCUT2D eigenvalue weighted by Gasteiger charge is 2.05. The van der Waals surface area contributed by atoms with Gasteiger partial charge in [-0.1, -0.05) is 0 Å². The lowest BCUT2D eigenvalue weighted by atomic mass is 10.4. The third-order valence-electron chi connectivity index (χ3n) is 1.55. The van der Waals surface area contributed by atoms with Crippen molar-refractivity contribution in [1.29, 1.82) is 0 Å². The van der Waals surface area contributed by atoms with Crippen molar-refractivity contribution in [1.82, 2.24) is 4.98 Å². The summed E-state index contributed by atoms with van der Waals surface area (Å²) in [5.74, 6) is 1.02. The zero-order chi connectivity index (χ0) is 7.52. The third-order valence-corrected chi connectivity index (χ3v) is 2.29. The van der Waals surface area contributed by atoms with E-state index < -0.39 is 0 Å². The summed E-state index contributed by atoms with van der Waals surface area (Å²) in [6.45, 7) is 0. The molecule has 0 spiro atoms. The number of aromatic nitrogens is 1. The standard InChI is InChI=1S/C8H8N2S/c1-3-9-4-2-8(1)10-5-6-11-7-10/h1-6H,7H2. The van der Waals surface area contributed by atoms with Gasteiger partial charge in [-0.25, -0.2) is 0 Å². The van der Waals surface area contributed by atoms with Crippen LogP contribution in [0.4, 0.5) is 5.69 Å². The van der Waals surface area contributed by atoms with Gasteiger partial charge in [0.1, 0.15) is 0 Å². The van der Waals surface area contributed by atoms with Gasteiger partial charge in [0.2, 0.25) is 0 Å². The molecule has 56 valence electrons. The van der Waals surface area contributed by atoms with Gasteiger partial charge in [-0.15, -0.1) is 11.8 Å². The molecule has 0 aliphatic carbocycles. The molecule has 2 nitrogen and oxygen atoms in total. The lowest BCUT2D eigenvalue weighted by Crippen LogP contribution is -2.10. The monoisotopic (exact) mass is 164 g/mol. The van der Waals surface area contributed by atoms with Crippen molar-refractivity contribution in [2.45, 2.75) is 0 Å². The van der Waals surface area contributed by atoms with Crippen LogP contribution in [0.5, 0.6) is 0 Å². The summed E-state index contributed by atoms with van der Waals surface area (Å²) in [5.41, 5.74) is 1.21. The van der Waals surface area contributed by atoms with E-state index >= 15 is 0 Å². The number of rotatable bonds is 1. The zero-order valence-electron chi connectivity index (χ0n) is 5.97. The molecular formula is C8H8N2S. The van der Waals surface area contributed by atoms with E-state index in [9.17, 15) is 0 Å². The fourth-order valence-electron chi connectivity index (χ4n) is 0.979. The molecule has 3 heteroatoms. The normalized spacial score (nSPS) is 15.8. The Hall–Kier alpha value is -0.960. The molecule has 0 atom stereocenters. The third kappa shape index (κ3) is 1.38. The maximum atomic E-state index is 3.96. The van der Waals surface area contributed by atoms with Crippen LogP contribution in [-0.2, 0) is 0 Å². The van der Waals surface area contributed by atoms with Crippen molar-refractivity contribution in [2.24, 2.45) is 0 Å². The van der Waals surface area contributed by atoms with Gasteiger partial charge in [0.15, 0.2) is 0 Å². The quantitative estimate of drug-likeness (QED) is 0.632. The van der Waals surface area contributed by atoms with Gasteiger partial charge in [0.25, 0.3) is 0 Å². The molecule has 0 saturated heterocycles. The van der Waals surface area contributed by atoms with Gasteiger partial charge in [-0.05, 0) is 17.5 Å². The molecule has 11 heavy (non-hydrogen) atoms. The molecule has 0 aromatic carbocycles. The Balaban J connectivity index is 2.23. The molecule has 2 rings (SSSR count). The highest BCUT2D eigenvalue weighted by molar-refractivity contribution is 8.02. The summed E-state index contributed by atoms with van der Waals surface area (Å²) < 4.78 is 0. The first-order chi connectivity index (χ1) is 5.47. The smallest absolute Gasteiger partial charge is 0.0723 e. The molecule has 0 radical (unpaired) electrons. The summed E-state index contributed by atoms with van der Waals surface area (Å²) in [7, 11) is 0. The zero-order valence-corrected chi connectivity index (χ0v) is 6.79. The second-order valence-corrected chi connectivity index (χ2v) is 3.12. The van der Waals surface area contributed by atoms with Crippen LogP contribution in [-0.4, -0.2) is 10.9 Å². The maximum Gasteiger partial charge on any atom is 0.0723 e. The maximum absolute atomic E-state index is 3.96. The minimum absolute atomic E-state index is 1.02. The Bertz CT molecular complexity index is 258. The second kappa shape index (κ2) is 2.96. The van der Waals surface area contributed by atoms with Crippen molar-refractivity contribution >= 4 is 17.4 Å². The molecule has 0 bridgehead atoms. The molecule has 1 aromatic heterocycles. The van der Waals surface area contributed by atoms with E-state index in [-0.39, 0.29) is 0 Å². The van der Waals surface area contributed by atoms with Crippen molar-refractivity contribution in [3.63, 3.8) is 0 Å². The highest BCUT2D eigenvalue weighted by atomic mass is 32.2. The Labute approximate surface area is 69.9 Å². The van der Waals surface area contributed by atoms with E-state index in [0.717, 1.165) is 5.88 Å². The van der Waals surface area contributed by atoms with Gasteiger partial charge >= 0.3 is 0 Å². The molecule has 0 fully saturated rings. The van der Waals surface area contributed by atoms with Crippen molar-refractivity contribution in [3.05, 3.63) is 36.1 Å². The van der Waals surface area contributed by atoms with Crippen molar-refractivity contribution < 1.29 is 0 Å². The first kappa shape index (κ1) is 6.73. The number of hydrogen-bond acceptors (Lipinski definition) is 3. The summed E-state index contributed by atoms with van der Waals surface area (Å²) in [6.07, 6.45) is 5.71. The van der Waals surface area contributed by atoms with Crippen LogP contribution in [0.1, 0.15) is 0 Å². The van der Waals surface area contributed by atoms with Gasteiger partial charge in [-0.2, -0.15) is 0 Å². The molecule has 1 aliphatic rings. The molecule has 1 aliphatic heterocycles. The Morgan fingerprint density at radius 1 is 1.36 bits per heavy atom. The predicted molar refractivity (Wildman–Crippen MR) is 48.3 cm³/mol. The SMILES string of the molecule is C1=CN(c2ccncc2)CS1. The Morgan fingerprint density at radius 3 is 2.82 bits per heavy atom. The molecular weight excluding hydrogens is 156 g/mol. The average Bonchev–Trinajstić information content (AvgIpc) is 2.58. The van der Waals surface area contributed by atoms with Crippen LogP contribution >= 0.6 is 11.8 Å². The van der Waals surface area contributed by atoms with E-state index in [1.807, 2.05) is 24.5 Å². The van der Waals surface area contributed by atoms with Crippen LogP contribution in [0, 0.1) is 0 Å². The fourth-order valence-corrected chi connectivity index (χ4v) is 1.69. The first-order valence-electron chi connectivity index (χ1n) is 3.42. The number of anilines is 1. The fraction of sp³-hybridized carbons (Fsp3) is 0.125. The van der Waals surface area contributed by atoms with Crippen LogP contribution < -0.4 is 4.90 Å². The molecule has 2 heterocycles. The minimum Gasteiger partial charge on any atom is -0.337 e. The minimum atomic E-state index is 1.02. The van der Waals surface area contributed by atoms with Crippen molar-refractivity contribution in [2.75, 3.05) is 10.8 Å². The summed E-state index contributed by atoms with van der Waals surface area (Å²) in [6, 6.07) is 4.02. The topological polar surface area (TPSA) is 16.1 Å². The number of pyridine rings is 1. The van der Waals surface area contributed by atoms with E-state index in [0.29, 0.717) is 0 Å². The van der Waals surface area contributed by atoms with Crippen LogP contribution in [0.2, 0.25) is 0 Å². The number of nitrogens with zero attached hydrogens (tertiary/aromatic N) is 2. The lowest BCUT2D eigenvalue weighted by molar-refractivity contribution is 1.17. The largest absolute Gasteiger partial charge is 0.337 e. The van der Waals surface area contributed by atoms with E-state index in [2.05, 4.69) is 21.5 Å².